The van der Waals surface area contributed by atoms with E-state index in [9.17, 15) is 25.5 Å². The second-order valence-electron chi connectivity index (χ2n) is 14.6. The largest absolute Gasteiger partial charge is 0.393 e. The van der Waals surface area contributed by atoms with Gasteiger partial charge in [-0.2, -0.15) is 0 Å². The van der Waals surface area contributed by atoms with Gasteiger partial charge in [0.1, 0.15) is 0 Å². The van der Waals surface area contributed by atoms with Crippen LogP contribution >= 0.6 is 0 Å². The normalized spacial score (nSPS) is 51.2. The highest BCUT2D eigenvalue weighted by Crippen LogP contribution is 2.75. The summed E-state index contributed by atoms with van der Waals surface area (Å²) in [5.41, 5.74) is -0.788. The lowest BCUT2D eigenvalue weighted by molar-refractivity contribution is -0.274. The standard InChI is InChI=1S/C30H52O5/c1-18(17-31)9-8-12-30(7,35)19-10-14-28(5)24(19)20(32)15-22-27(4)13-11-23(34)26(2,3)25(27)21(33)16-29(22,28)6/h9,19-25,31-35H,8,10-17H2,1-7H3/t19-,20+,21-,22+,23-,24-,25-,27+,28+,29+,30-/m0/s1. The van der Waals surface area contributed by atoms with E-state index in [4.69, 9.17) is 0 Å². The molecule has 0 aliphatic heterocycles. The van der Waals surface area contributed by atoms with E-state index in [0.717, 1.165) is 31.3 Å². The molecule has 0 aromatic rings. The van der Waals surface area contributed by atoms with Crippen LogP contribution in [0.4, 0.5) is 0 Å². The fraction of sp³-hybridized carbons (Fsp3) is 0.933. The summed E-state index contributed by atoms with van der Waals surface area (Å²) in [6.45, 7) is 15.1. The van der Waals surface area contributed by atoms with E-state index in [1.807, 2.05) is 19.9 Å². The molecule has 0 unspecified atom stereocenters. The maximum Gasteiger partial charge on any atom is 0.0654 e. The Morgan fingerprint density at radius 1 is 0.971 bits per heavy atom. The molecule has 0 saturated heterocycles. The van der Waals surface area contributed by atoms with E-state index < -0.39 is 23.9 Å². The third-order valence-electron chi connectivity index (χ3n) is 12.4. The Morgan fingerprint density at radius 2 is 1.63 bits per heavy atom. The number of aliphatic hydroxyl groups excluding tert-OH is 4. The second-order valence-corrected chi connectivity index (χ2v) is 14.6. The third-order valence-corrected chi connectivity index (χ3v) is 12.4. The Hall–Kier alpha value is -0.460. The van der Waals surface area contributed by atoms with E-state index >= 15 is 0 Å². The number of allylic oxidation sites excluding steroid dienone is 1. The summed E-state index contributed by atoms with van der Waals surface area (Å²) in [6, 6.07) is 0. The Kier molecular flexibility index (Phi) is 6.93. The number of hydrogen-bond acceptors (Lipinski definition) is 5. The van der Waals surface area contributed by atoms with Gasteiger partial charge in [-0.15, -0.1) is 0 Å². The van der Waals surface area contributed by atoms with Gasteiger partial charge in [0.15, 0.2) is 0 Å². The van der Waals surface area contributed by atoms with Gasteiger partial charge in [0.25, 0.3) is 0 Å². The molecule has 11 atom stereocenters. The molecule has 4 aliphatic rings. The molecule has 4 saturated carbocycles. The van der Waals surface area contributed by atoms with Gasteiger partial charge < -0.3 is 25.5 Å². The Bertz CT molecular complexity index is 835. The SMILES string of the molecule is CC(=CCC[C@](C)(O)[C@H]1CC[C@]2(C)[C@@H]1[C@H](O)C[C@@H]1[C@@]3(C)CC[C@H](O)C(C)(C)[C@@H]3[C@@H](O)C[C@]12C)CO. The van der Waals surface area contributed by atoms with Crippen LogP contribution in [0.25, 0.3) is 0 Å². The molecule has 5 heteroatoms. The van der Waals surface area contributed by atoms with Gasteiger partial charge in [-0.05, 0) is 111 Å². The van der Waals surface area contributed by atoms with Gasteiger partial charge in [-0.25, -0.2) is 0 Å². The molecule has 5 nitrogen and oxygen atoms in total. The van der Waals surface area contributed by atoms with Crippen LogP contribution < -0.4 is 0 Å². The molecule has 0 spiro atoms. The van der Waals surface area contributed by atoms with Crippen molar-refractivity contribution < 1.29 is 25.5 Å². The van der Waals surface area contributed by atoms with Crippen LogP contribution in [0.2, 0.25) is 0 Å². The summed E-state index contributed by atoms with van der Waals surface area (Å²) in [6.07, 6.45) is 6.83. The Balaban J connectivity index is 1.67. The van der Waals surface area contributed by atoms with Crippen molar-refractivity contribution >= 4 is 0 Å². The highest BCUT2D eigenvalue weighted by Gasteiger charge is 2.72. The molecule has 0 heterocycles. The maximum atomic E-state index is 11.8. The molecular formula is C30H52O5. The van der Waals surface area contributed by atoms with Crippen LogP contribution in [-0.4, -0.2) is 56.1 Å². The summed E-state index contributed by atoms with van der Waals surface area (Å²) >= 11 is 0. The van der Waals surface area contributed by atoms with E-state index in [0.29, 0.717) is 25.7 Å². The smallest absolute Gasteiger partial charge is 0.0654 e. The van der Waals surface area contributed by atoms with E-state index in [2.05, 4.69) is 34.6 Å². The molecule has 0 bridgehead atoms. The fourth-order valence-corrected chi connectivity index (χ4v) is 10.5. The molecule has 4 rings (SSSR count). The van der Waals surface area contributed by atoms with Gasteiger partial charge in [0.05, 0.1) is 30.5 Å². The zero-order valence-corrected chi connectivity index (χ0v) is 23.2. The van der Waals surface area contributed by atoms with Gasteiger partial charge >= 0.3 is 0 Å². The fourth-order valence-electron chi connectivity index (χ4n) is 10.5. The van der Waals surface area contributed by atoms with Crippen LogP contribution in [0, 0.1) is 45.3 Å². The summed E-state index contributed by atoms with van der Waals surface area (Å²) in [7, 11) is 0. The quantitative estimate of drug-likeness (QED) is 0.365. The molecule has 0 aromatic heterocycles. The van der Waals surface area contributed by atoms with Crippen molar-refractivity contribution in [1.82, 2.24) is 0 Å². The van der Waals surface area contributed by atoms with Crippen molar-refractivity contribution in [2.24, 2.45) is 45.3 Å². The molecule has 0 aromatic carbocycles. The highest BCUT2D eigenvalue weighted by atomic mass is 16.3. The summed E-state index contributed by atoms with van der Waals surface area (Å²) in [4.78, 5) is 0. The van der Waals surface area contributed by atoms with E-state index in [-0.39, 0.29) is 51.9 Å². The van der Waals surface area contributed by atoms with Crippen molar-refractivity contribution in [2.45, 2.75) is 124 Å². The number of hydrogen-bond donors (Lipinski definition) is 5. The first-order valence-corrected chi connectivity index (χ1v) is 14.1. The van der Waals surface area contributed by atoms with Crippen molar-refractivity contribution in [3.05, 3.63) is 11.6 Å². The lowest BCUT2D eigenvalue weighted by atomic mass is 9.34. The van der Waals surface area contributed by atoms with Gasteiger partial charge in [0.2, 0.25) is 0 Å². The molecule has 35 heavy (non-hydrogen) atoms. The number of rotatable bonds is 5. The predicted octanol–water partition coefficient (Wildman–Crippen LogP) is 4.44. The lowest BCUT2D eigenvalue weighted by Crippen LogP contribution is -2.69. The van der Waals surface area contributed by atoms with Crippen LogP contribution in [0.1, 0.15) is 99.8 Å². The summed E-state index contributed by atoms with van der Waals surface area (Å²) in [5, 5.41) is 55.3. The minimum absolute atomic E-state index is 0.00351. The van der Waals surface area contributed by atoms with Crippen molar-refractivity contribution in [1.29, 1.82) is 0 Å². The topological polar surface area (TPSA) is 101 Å². The highest BCUT2D eigenvalue weighted by molar-refractivity contribution is 5.21. The zero-order valence-electron chi connectivity index (χ0n) is 23.2. The molecule has 4 fully saturated rings. The van der Waals surface area contributed by atoms with E-state index in [1.165, 1.54) is 0 Å². The summed E-state index contributed by atoms with van der Waals surface area (Å²) < 4.78 is 0. The van der Waals surface area contributed by atoms with Crippen LogP contribution in [0.3, 0.4) is 0 Å². The van der Waals surface area contributed by atoms with Crippen molar-refractivity contribution in [3.63, 3.8) is 0 Å². The summed E-state index contributed by atoms with van der Waals surface area (Å²) in [5.74, 6) is 0.280. The Morgan fingerprint density at radius 3 is 2.26 bits per heavy atom. The zero-order chi connectivity index (χ0) is 26.2. The van der Waals surface area contributed by atoms with Crippen LogP contribution in [-0.2, 0) is 0 Å². The maximum absolute atomic E-state index is 11.8. The third kappa shape index (κ3) is 3.90. The Labute approximate surface area is 213 Å². The first-order valence-electron chi connectivity index (χ1n) is 14.1. The van der Waals surface area contributed by atoms with Gasteiger partial charge in [-0.3, -0.25) is 0 Å². The number of aliphatic hydroxyl groups is 5. The average Bonchev–Trinajstić information content (AvgIpc) is 3.13. The molecule has 0 radical (unpaired) electrons. The molecular weight excluding hydrogens is 440 g/mol. The average molecular weight is 493 g/mol. The lowest BCUT2D eigenvalue weighted by Gasteiger charge is -2.71. The van der Waals surface area contributed by atoms with Crippen molar-refractivity contribution in [3.8, 4) is 0 Å². The van der Waals surface area contributed by atoms with Gasteiger partial charge in [-0.1, -0.05) is 46.3 Å². The monoisotopic (exact) mass is 492 g/mol. The minimum atomic E-state index is -0.893. The molecule has 202 valence electrons. The first-order chi connectivity index (χ1) is 16.1. The number of fused-ring (bicyclic) bond motifs is 5. The van der Waals surface area contributed by atoms with Crippen LogP contribution in [0.15, 0.2) is 11.6 Å². The van der Waals surface area contributed by atoms with Crippen LogP contribution in [0.5, 0.6) is 0 Å². The minimum Gasteiger partial charge on any atom is -0.393 e. The van der Waals surface area contributed by atoms with Crippen molar-refractivity contribution in [2.75, 3.05) is 6.61 Å². The van der Waals surface area contributed by atoms with E-state index in [1.54, 1.807) is 0 Å². The predicted molar refractivity (Wildman–Crippen MR) is 138 cm³/mol. The molecule has 5 N–H and O–H groups in total. The molecule has 4 aliphatic carbocycles. The van der Waals surface area contributed by atoms with Gasteiger partial charge in [0, 0.05) is 0 Å². The second kappa shape index (κ2) is 8.80. The first kappa shape index (κ1) is 27.6. The molecule has 0 amide bonds.